The third-order valence-corrected chi connectivity index (χ3v) is 6.33. The van der Waals surface area contributed by atoms with Gasteiger partial charge >= 0.3 is 6.61 Å². The zero-order valence-electron chi connectivity index (χ0n) is 15.8. The summed E-state index contributed by atoms with van der Waals surface area (Å²) in [5, 5.41) is 5.21. The summed E-state index contributed by atoms with van der Waals surface area (Å²) < 4.78 is 60.0. The summed E-state index contributed by atoms with van der Waals surface area (Å²) in [5.41, 5.74) is 2.55. The van der Waals surface area contributed by atoms with Gasteiger partial charge in [-0.1, -0.05) is 43.5 Å². The maximum atomic E-state index is 12.9. The Kier molecular flexibility index (Phi) is 5.48. The van der Waals surface area contributed by atoms with Gasteiger partial charge in [-0.05, 0) is 36.1 Å². The molecule has 2 N–H and O–H groups in total. The molecule has 2 aromatic rings. The van der Waals surface area contributed by atoms with E-state index in [-0.39, 0.29) is 23.5 Å². The Bertz CT molecular complexity index is 1000. The van der Waals surface area contributed by atoms with Crippen molar-refractivity contribution in [1.29, 1.82) is 0 Å². The predicted octanol–water partition coefficient (Wildman–Crippen LogP) is 4.76. The molecule has 0 bridgehead atoms. The van der Waals surface area contributed by atoms with Gasteiger partial charge in [-0.2, -0.15) is 8.78 Å². The third-order valence-electron chi connectivity index (χ3n) is 5.60. The van der Waals surface area contributed by atoms with Crippen LogP contribution in [0.5, 0.6) is 11.5 Å². The SMILES string of the molecule is NS(=O)(=O)Cc1ccc2c(c1)C(C1CCCCC1)Oc1cccc(OC(F)F)c1-2. The minimum atomic E-state index is -3.70. The van der Waals surface area contributed by atoms with Crippen molar-refractivity contribution < 1.29 is 26.7 Å². The van der Waals surface area contributed by atoms with E-state index in [0.717, 1.165) is 36.8 Å². The summed E-state index contributed by atoms with van der Waals surface area (Å²) in [4.78, 5) is 0. The summed E-state index contributed by atoms with van der Waals surface area (Å²) in [6.07, 6.45) is 5.15. The number of rotatable bonds is 5. The van der Waals surface area contributed by atoms with Crippen LogP contribution in [-0.4, -0.2) is 15.0 Å². The lowest BCUT2D eigenvalue weighted by Gasteiger charge is -2.36. The standard InChI is InChI=1S/C21H23F2NO4S/c22-21(23)28-18-8-4-7-17-19(18)15-10-9-13(12-29(24,25)26)11-16(15)20(27-17)14-5-2-1-3-6-14/h4,7-11,14,20-21H,1-3,5-6,12H2,(H2,24,25,26). The number of benzene rings is 2. The van der Waals surface area contributed by atoms with E-state index >= 15 is 0 Å². The molecule has 1 atom stereocenters. The van der Waals surface area contributed by atoms with Crippen molar-refractivity contribution in [2.45, 2.75) is 50.6 Å². The molecule has 29 heavy (non-hydrogen) atoms. The minimum absolute atomic E-state index is 0.0417. The Labute approximate surface area is 168 Å². The summed E-state index contributed by atoms with van der Waals surface area (Å²) in [6, 6.07) is 10.1. The molecule has 1 aliphatic carbocycles. The monoisotopic (exact) mass is 423 g/mol. The number of fused-ring (bicyclic) bond motifs is 3. The number of ether oxygens (including phenoxy) is 2. The molecule has 4 rings (SSSR count). The smallest absolute Gasteiger partial charge is 0.387 e. The molecule has 8 heteroatoms. The number of hydrogen-bond acceptors (Lipinski definition) is 4. The first-order valence-electron chi connectivity index (χ1n) is 9.70. The lowest BCUT2D eigenvalue weighted by Crippen LogP contribution is -2.25. The number of sulfonamides is 1. The maximum absolute atomic E-state index is 12.9. The fourth-order valence-corrected chi connectivity index (χ4v) is 5.10. The van der Waals surface area contributed by atoms with Crippen molar-refractivity contribution >= 4 is 10.0 Å². The molecular formula is C21H23F2NO4S. The fraction of sp³-hybridized carbons (Fsp3) is 0.429. The molecule has 1 heterocycles. The number of nitrogens with two attached hydrogens (primary N) is 1. The van der Waals surface area contributed by atoms with Gasteiger partial charge in [0.05, 0.1) is 11.3 Å². The largest absolute Gasteiger partial charge is 0.485 e. The predicted molar refractivity (Wildman–Crippen MR) is 105 cm³/mol. The van der Waals surface area contributed by atoms with Gasteiger partial charge in [0.25, 0.3) is 0 Å². The molecule has 1 fully saturated rings. The Morgan fingerprint density at radius 1 is 1.14 bits per heavy atom. The van der Waals surface area contributed by atoms with Crippen LogP contribution in [0.2, 0.25) is 0 Å². The van der Waals surface area contributed by atoms with Gasteiger partial charge < -0.3 is 9.47 Å². The van der Waals surface area contributed by atoms with Crippen LogP contribution in [-0.2, 0) is 15.8 Å². The summed E-state index contributed by atoms with van der Waals surface area (Å²) in [7, 11) is -3.70. The number of hydrogen-bond donors (Lipinski definition) is 1. The van der Waals surface area contributed by atoms with Crippen LogP contribution in [0.4, 0.5) is 8.78 Å². The molecule has 1 aliphatic heterocycles. The average molecular weight is 423 g/mol. The quantitative estimate of drug-likeness (QED) is 0.752. The van der Waals surface area contributed by atoms with Gasteiger partial charge in [0.1, 0.15) is 17.6 Å². The molecule has 156 valence electrons. The Balaban J connectivity index is 1.83. The average Bonchev–Trinajstić information content (AvgIpc) is 2.66. The van der Waals surface area contributed by atoms with Crippen molar-refractivity contribution in [1.82, 2.24) is 0 Å². The normalized spacial score (nSPS) is 19.4. The zero-order valence-corrected chi connectivity index (χ0v) is 16.6. The van der Waals surface area contributed by atoms with Crippen LogP contribution in [0.25, 0.3) is 11.1 Å². The highest BCUT2D eigenvalue weighted by Gasteiger charge is 2.35. The van der Waals surface area contributed by atoms with Gasteiger partial charge in [0, 0.05) is 11.5 Å². The molecular weight excluding hydrogens is 400 g/mol. The van der Waals surface area contributed by atoms with Crippen molar-refractivity contribution in [2.75, 3.05) is 0 Å². The van der Waals surface area contributed by atoms with E-state index in [1.165, 1.54) is 12.5 Å². The minimum Gasteiger partial charge on any atom is -0.485 e. The van der Waals surface area contributed by atoms with E-state index in [1.54, 1.807) is 30.3 Å². The van der Waals surface area contributed by atoms with Crippen LogP contribution in [0.1, 0.15) is 49.3 Å². The van der Waals surface area contributed by atoms with E-state index in [0.29, 0.717) is 16.9 Å². The highest BCUT2D eigenvalue weighted by molar-refractivity contribution is 7.88. The lowest BCUT2D eigenvalue weighted by atomic mass is 9.79. The second-order valence-electron chi connectivity index (χ2n) is 7.67. The van der Waals surface area contributed by atoms with Crippen LogP contribution in [0.3, 0.4) is 0 Å². The fourth-order valence-electron chi connectivity index (χ4n) is 4.45. The van der Waals surface area contributed by atoms with Gasteiger partial charge in [-0.25, -0.2) is 13.6 Å². The van der Waals surface area contributed by atoms with E-state index in [1.807, 2.05) is 0 Å². The first kappa shape index (κ1) is 20.1. The van der Waals surface area contributed by atoms with E-state index in [2.05, 4.69) is 0 Å². The molecule has 0 spiro atoms. The summed E-state index contributed by atoms with van der Waals surface area (Å²) >= 11 is 0. The molecule has 5 nitrogen and oxygen atoms in total. The third kappa shape index (κ3) is 4.38. The lowest BCUT2D eigenvalue weighted by molar-refractivity contribution is -0.0497. The van der Waals surface area contributed by atoms with Gasteiger partial charge in [0.2, 0.25) is 10.0 Å². The van der Waals surface area contributed by atoms with Crippen LogP contribution >= 0.6 is 0 Å². The first-order chi connectivity index (χ1) is 13.8. The molecule has 0 aromatic heterocycles. The highest BCUT2D eigenvalue weighted by Crippen LogP contribution is 2.51. The zero-order chi connectivity index (χ0) is 20.6. The van der Waals surface area contributed by atoms with E-state index in [9.17, 15) is 17.2 Å². The van der Waals surface area contributed by atoms with Crippen molar-refractivity contribution in [2.24, 2.45) is 11.1 Å². The second kappa shape index (κ2) is 7.91. The molecule has 2 aromatic carbocycles. The van der Waals surface area contributed by atoms with Gasteiger partial charge in [-0.3, -0.25) is 0 Å². The van der Waals surface area contributed by atoms with Crippen molar-refractivity contribution in [3.63, 3.8) is 0 Å². The maximum Gasteiger partial charge on any atom is 0.387 e. The Morgan fingerprint density at radius 3 is 2.59 bits per heavy atom. The van der Waals surface area contributed by atoms with E-state index in [4.69, 9.17) is 14.6 Å². The molecule has 1 saturated carbocycles. The van der Waals surface area contributed by atoms with E-state index < -0.39 is 16.6 Å². The first-order valence-corrected chi connectivity index (χ1v) is 11.4. The van der Waals surface area contributed by atoms with Gasteiger partial charge in [-0.15, -0.1) is 0 Å². The molecule has 2 aliphatic rings. The summed E-state index contributed by atoms with van der Waals surface area (Å²) in [5.74, 6) is 0.533. The molecule has 0 amide bonds. The summed E-state index contributed by atoms with van der Waals surface area (Å²) in [6.45, 7) is -2.96. The second-order valence-corrected chi connectivity index (χ2v) is 9.29. The Hall–Kier alpha value is -2.19. The van der Waals surface area contributed by atoms with Gasteiger partial charge in [0.15, 0.2) is 0 Å². The Morgan fingerprint density at radius 2 is 1.90 bits per heavy atom. The van der Waals surface area contributed by atoms with Crippen LogP contribution in [0.15, 0.2) is 36.4 Å². The highest BCUT2D eigenvalue weighted by atomic mass is 32.2. The molecule has 1 unspecified atom stereocenters. The number of primary sulfonamides is 1. The number of halogens is 2. The van der Waals surface area contributed by atoms with Crippen LogP contribution < -0.4 is 14.6 Å². The number of alkyl halides is 2. The topological polar surface area (TPSA) is 78.6 Å². The molecule has 0 saturated heterocycles. The molecule has 0 radical (unpaired) electrons. The van der Waals surface area contributed by atoms with Crippen LogP contribution in [0, 0.1) is 5.92 Å². The van der Waals surface area contributed by atoms with Crippen molar-refractivity contribution in [3.05, 3.63) is 47.5 Å². The van der Waals surface area contributed by atoms with Crippen molar-refractivity contribution in [3.8, 4) is 22.6 Å².